The van der Waals surface area contributed by atoms with Crippen molar-refractivity contribution in [3.05, 3.63) is 58.7 Å². The van der Waals surface area contributed by atoms with Gasteiger partial charge in [-0.05, 0) is 37.1 Å². The molecule has 2 aromatic rings. The third-order valence-corrected chi connectivity index (χ3v) is 3.69. The molecule has 0 aromatic heterocycles. The Morgan fingerprint density at radius 1 is 0.737 bits per heavy atom. The second kappa shape index (κ2) is 3.75. The summed E-state index contributed by atoms with van der Waals surface area (Å²) in [6.07, 6.45) is -0.746. The molecule has 2 unspecified atom stereocenters. The van der Waals surface area contributed by atoms with Gasteiger partial charge in [-0.3, -0.25) is 4.74 Å². The lowest BCUT2D eigenvalue weighted by molar-refractivity contribution is -0.228. The van der Waals surface area contributed by atoms with E-state index in [-0.39, 0.29) is 12.6 Å². The van der Waals surface area contributed by atoms with Crippen LogP contribution in [-0.4, -0.2) is 0 Å². The zero-order chi connectivity index (χ0) is 13.0. The molecule has 19 heavy (non-hydrogen) atoms. The second-order valence-corrected chi connectivity index (χ2v) is 5.02. The fourth-order valence-electron chi connectivity index (χ4n) is 2.70. The first-order valence-corrected chi connectivity index (χ1v) is 6.42. The minimum Gasteiger partial charge on any atom is -0.459 e. The number of rotatable bonds is 0. The van der Waals surface area contributed by atoms with Crippen molar-refractivity contribution in [3.8, 4) is 11.5 Å². The molecular formula is C16H14O3. The van der Waals surface area contributed by atoms with Crippen LogP contribution in [0.4, 0.5) is 0 Å². The van der Waals surface area contributed by atoms with Crippen molar-refractivity contribution in [1.82, 2.24) is 0 Å². The van der Waals surface area contributed by atoms with E-state index in [0.717, 1.165) is 33.8 Å². The van der Waals surface area contributed by atoms with Crippen molar-refractivity contribution in [2.45, 2.75) is 26.4 Å². The number of para-hydroxylation sites is 2. The summed E-state index contributed by atoms with van der Waals surface area (Å²) >= 11 is 0. The van der Waals surface area contributed by atoms with E-state index in [1.54, 1.807) is 0 Å². The SMILES string of the molecule is Cc1cccc2c1OC1OC2Oc2c(C)cccc21. The minimum atomic E-state index is -0.373. The van der Waals surface area contributed by atoms with Crippen molar-refractivity contribution in [2.75, 3.05) is 0 Å². The number of hydrogen-bond acceptors (Lipinski definition) is 3. The molecule has 0 amide bonds. The summed E-state index contributed by atoms with van der Waals surface area (Å²) in [6.45, 7) is 4.08. The van der Waals surface area contributed by atoms with E-state index in [1.807, 2.05) is 50.2 Å². The molecule has 96 valence electrons. The molecule has 0 aliphatic carbocycles. The Kier molecular flexibility index (Phi) is 2.15. The van der Waals surface area contributed by atoms with Gasteiger partial charge in [-0.1, -0.05) is 24.3 Å². The van der Waals surface area contributed by atoms with Crippen LogP contribution in [0.2, 0.25) is 0 Å². The van der Waals surface area contributed by atoms with Gasteiger partial charge in [0.1, 0.15) is 11.5 Å². The molecule has 2 aliphatic heterocycles. The Hall–Kier alpha value is -2.00. The largest absolute Gasteiger partial charge is 0.459 e. The van der Waals surface area contributed by atoms with E-state index in [9.17, 15) is 0 Å². The van der Waals surface area contributed by atoms with Crippen LogP contribution < -0.4 is 9.47 Å². The summed E-state index contributed by atoms with van der Waals surface area (Å²) in [5.74, 6) is 1.77. The molecule has 0 radical (unpaired) electrons. The summed E-state index contributed by atoms with van der Waals surface area (Å²) in [5, 5.41) is 0. The molecule has 3 nitrogen and oxygen atoms in total. The van der Waals surface area contributed by atoms with Gasteiger partial charge in [0.15, 0.2) is 0 Å². The smallest absolute Gasteiger partial charge is 0.233 e. The standard InChI is InChI=1S/C16H14O3/c1-9-5-3-7-11-13(9)17-16-12-8-4-6-10(2)14(12)18-15(11)19-16/h3-8,15-16H,1-2H3. The van der Waals surface area contributed by atoms with Gasteiger partial charge in [-0.25, -0.2) is 0 Å². The van der Waals surface area contributed by atoms with Crippen LogP contribution in [-0.2, 0) is 4.74 Å². The van der Waals surface area contributed by atoms with E-state index in [1.165, 1.54) is 0 Å². The second-order valence-electron chi connectivity index (χ2n) is 5.02. The quantitative estimate of drug-likeness (QED) is 0.715. The molecule has 0 saturated heterocycles. The number of ether oxygens (including phenoxy) is 3. The van der Waals surface area contributed by atoms with Gasteiger partial charge in [0, 0.05) is 0 Å². The lowest BCUT2D eigenvalue weighted by Gasteiger charge is -2.38. The Balaban J connectivity index is 1.89. The Morgan fingerprint density at radius 2 is 1.21 bits per heavy atom. The first-order chi connectivity index (χ1) is 9.24. The topological polar surface area (TPSA) is 27.7 Å². The predicted molar refractivity (Wildman–Crippen MR) is 70.2 cm³/mol. The van der Waals surface area contributed by atoms with Crippen molar-refractivity contribution in [3.63, 3.8) is 0 Å². The third kappa shape index (κ3) is 1.48. The highest BCUT2D eigenvalue weighted by Crippen LogP contribution is 2.49. The number of fused-ring (bicyclic) bond motifs is 6. The van der Waals surface area contributed by atoms with Gasteiger partial charge in [0.2, 0.25) is 12.6 Å². The summed E-state index contributed by atoms with van der Waals surface area (Å²) in [5.41, 5.74) is 4.14. The fourth-order valence-corrected chi connectivity index (χ4v) is 2.70. The number of hydrogen-bond donors (Lipinski definition) is 0. The maximum atomic E-state index is 6.01. The van der Waals surface area contributed by atoms with Crippen LogP contribution in [0.1, 0.15) is 34.8 Å². The number of aryl methyl sites for hydroxylation is 2. The predicted octanol–water partition coefficient (Wildman–Crippen LogP) is 3.80. The molecule has 0 N–H and O–H groups in total. The van der Waals surface area contributed by atoms with Crippen LogP contribution >= 0.6 is 0 Å². The van der Waals surface area contributed by atoms with Gasteiger partial charge in [0.25, 0.3) is 0 Å². The Labute approximate surface area is 111 Å². The van der Waals surface area contributed by atoms with Crippen molar-refractivity contribution in [2.24, 2.45) is 0 Å². The molecule has 2 bridgehead atoms. The normalized spacial score (nSPS) is 22.8. The van der Waals surface area contributed by atoms with Crippen LogP contribution in [0.5, 0.6) is 11.5 Å². The molecule has 2 heterocycles. The monoisotopic (exact) mass is 254 g/mol. The molecule has 4 rings (SSSR count). The zero-order valence-corrected chi connectivity index (χ0v) is 10.8. The van der Waals surface area contributed by atoms with Gasteiger partial charge in [0.05, 0.1) is 11.1 Å². The summed E-state index contributed by atoms with van der Waals surface area (Å²) in [4.78, 5) is 0. The average Bonchev–Trinajstić information content (AvgIpc) is 2.42. The van der Waals surface area contributed by atoms with E-state index >= 15 is 0 Å². The maximum Gasteiger partial charge on any atom is 0.233 e. The van der Waals surface area contributed by atoms with Crippen LogP contribution in [0, 0.1) is 13.8 Å². The lowest BCUT2D eigenvalue weighted by Crippen LogP contribution is -2.30. The lowest BCUT2D eigenvalue weighted by atomic mass is 10.0. The zero-order valence-electron chi connectivity index (χ0n) is 10.8. The molecule has 0 spiro atoms. The minimum absolute atomic E-state index is 0.373. The third-order valence-electron chi connectivity index (χ3n) is 3.69. The molecule has 0 fully saturated rings. The highest BCUT2D eigenvalue weighted by Gasteiger charge is 2.38. The van der Waals surface area contributed by atoms with E-state index in [4.69, 9.17) is 14.2 Å². The van der Waals surface area contributed by atoms with Gasteiger partial charge in [-0.2, -0.15) is 0 Å². The van der Waals surface area contributed by atoms with Gasteiger partial charge >= 0.3 is 0 Å². The first-order valence-electron chi connectivity index (χ1n) is 6.42. The summed E-state index contributed by atoms with van der Waals surface area (Å²) in [7, 11) is 0. The summed E-state index contributed by atoms with van der Waals surface area (Å²) < 4.78 is 17.9. The molecule has 2 atom stereocenters. The van der Waals surface area contributed by atoms with E-state index in [2.05, 4.69) is 0 Å². The highest BCUT2D eigenvalue weighted by molar-refractivity contribution is 5.48. The Bertz CT molecular complexity index is 606. The average molecular weight is 254 g/mol. The first kappa shape index (κ1) is 10.9. The van der Waals surface area contributed by atoms with Crippen LogP contribution in [0.15, 0.2) is 36.4 Å². The van der Waals surface area contributed by atoms with Crippen LogP contribution in [0.3, 0.4) is 0 Å². The Morgan fingerprint density at radius 3 is 1.68 bits per heavy atom. The fraction of sp³-hybridized carbons (Fsp3) is 0.250. The summed E-state index contributed by atoms with van der Waals surface area (Å²) in [6, 6.07) is 12.1. The molecule has 2 aliphatic rings. The number of benzene rings is 2. The van der Waals surface area contributed by atoms with Crippen molar-refractivity contribution in [1.29, 1.82) is 0 Å². The van der Waals surface area contributed by atoms with E-state index < -0.39 is 0 Å². The molecule has 3 heteroatoms. The van der Waals surface area contributed by atoms with E-state index in [0.29, 0.717) is 0 Å². The molecule has 0 saturated carbocycles. The molecular weight excluding hydrogens is 240 g/mol. The molecule has 2 aromatic carbocycles. The maximum absolute atomic E-state index is 6.01. The van der Waals surface area contributed by atoms with Crippen molar-refractivity contribution >= 4 is 0 Å². The van der Waals surface area contributed by atoms with Gasteiger partial charge < -0.3 is 9.47 Å². The van der Waals surface area contributed by atoms with Gasteiger partial charge in [-0.15, -0.1) is 0 Å². The highest BCUT2D eigenvalue weighted by atomic mass is 16.8. The van der Waals surface area contributed by atoms with Crippen LogP contribution in [0.25, 0.3) is 0 Å². The van der Waals surface area contributed by atoms with Crippen molar-refractivity contribution < 1.29 is 14.2 Å².